The number of carbonyl (C=O) groups excluding carboxylic acids is 1. The molecule has 2 rings (SSSR count). The van der Waals surface area contributed by atoms with E-state index in [4.69, 9.17) is 4.74 Å². The summed E-state index contributed by atoms with van der Waals surface area (Å²) in [5, 5.41) is 2.82. The highest BCUT2D eigenvalue weighted by atomic mass is 16.5. The molecule has 98 valence electrons. The minimum atomic E-state index is 0.0253. The van der Waals surface area contributed by atoms with Gasteiger partial charge >= 0.3 is 6.03 Å². The van der Waals surface area contributed by atoms with Crippen LogP contribution in [0.4, 0.5) is 4.79 Å². The molecule has 0 aliphatic carbocycles. The monoisotopic (exact) mass is 249 g/mol. The first kappa shape index (κ1) is 12.7. The molecule has 2 amide bonds. The molecule has 18 heavy (non-hydrogen) atoms. The number of hydrogen-bond donors (Lipinski definition) is 1. The fourth-order valence-electron chi connectivity index (χ4n) is 2.05. The SMILES string of the molecule is CCNC(=O)N1CCC(Oc2cccnc2)CC1. The maximum absolute atomic E-state index is 11.6. The highest BCUT2D eigenvalue weighted by molar-refractivity contribution is 5.74. The Balaban J connectivity index is 1.78. The fourth-order valence-corrected chi connectivity index (χ4v) is 2.05. The van der Waals surface area contributed by atoms with E-state index in [9.17, 15) is 4.79 Å². The summed E-state index contributed by atoms with van der Waals surface area (Å²) in [5.74, 6) is 0.800. The summed E-state index contributed by atoms with van der Waals surface area (Å²) >= 11 is 0. The lowest BCUT2D eigenvalue weighted by atomic mass is 10.1. The van der Waals surface area contributed by atoms with E-state index >= 15 is 0 Å². The number of urea groups is 1. The smallest absolute Gasteiger partial charge is 0.317 e. The van der Waals surface area contributed by atoms with Crippen molar-refractivity contribution in [2.45, 2.75) is 25.9 Å². The Morgan fingerprint density at radius 2 is 2.33 bits per heavy atom. The van der Waals surface area contributed by atoms with Gasteiger partial charge < -0.3 is 15.0 Å². The second kappa shape index (κ2) is 6.23. The van der Waals surface area contributed by atoms with Gasteiger partial charge in [-0.2, -0.15) is 0 Å². The molecule has 1 N–H and O–H groups in total. The number of carbonyl (C=O) groups is 1. The van der Waals surface area contributed by atoms with E-state index in [1.807, 2.05) is 24.0 Å². The Kier molecular flexibility index (Phi) is 4.39. The van der Waals surface area contributed by atoms with Crippen LogP contribution in [0.1, 0.15) is 19.8 Å². The van der Waals surface area contributed by atoms with Crippen LogP contribution >= 0.6 is 0 Å². The van der Waals surface area contributed by atoms with Gasteiger partial charge in [0, 0.05) is 38.7 Å². The molecule has 0 spiro atoms. The van der Waals surface area contributed by atoms with Gasteiger partial charge in [0.15, 0.2) is 0 Å². The van der Waals surface area contributed by atoms with Gasteiger partial charge in [0.25, 0.3) is 0 Å². The second-order valence-electron chi connectivity index (χ2n) is 4.33. The third-order valence-corrected chi connectivity index (χ3v) is 2.99. The zero-order valence-electron chi connectivity index (χ0n) is 10.6. The van der Waals surface area contributed by atoms with Gasteiger partial charge in [0.05, 0.1) is 6.20 Å². The number of nitrogens with zero attached hydrogens (tertiary/aromatic N) is 2. The molecule has 1 aliphatic rings. The predicted octanol–water partition coefficient (Wildman–Crippen LogP) is 1.65. The fraction of sp³-hybridized carbons (Fsp3) is 0.538. The van der Waals surface area contributed by atoms with Crippen LogP contribution in [0.2, 0.25) is 0 Å². The van der Waals surface area contributed by atoms with Crippen molar-refractivity contribution in [2.75, 3.05) is 19.6 Å². The normalized spacial score (nSPS) is 16.4. The molecule has 0 unspecified atom stereocenters. The number of aromatic nitrogens is 1. The van der Waals surface area contributed by atoms with E-state index in [0.29, 0.717) is 6.54 Å². The quantitative estimate of drug-likeness (QED) is 0.886. The van der Waals surface area contributed by atoms with E-state index in [1.54, 1.807) is 12.4 Å². The number of hydrogen-bond acceptors (Lipinski definition) is 3. The predicted molar refractivity (Wildman–Crippen MR) is 68.5 cm³/mol. The summed E-state index contributed by atoms with van der Waals surface area (Å²) < 4.78 is 5.82. The summed E-state index contributed by atoms with van der Waals surface area (Å²) in [5.41, 5.74) is 0. The summed E-state index contributed by atoms with van der Waals surface area (Å²) in [6.07, 6.45) is 5.36. The number of rotatable bonds is 3. The van der Waals surface area contributed by atoms with Gasteiger partial charge in [0.1, 0.15) is 11.9 Å². The number of pyridine rings is 1. The van der Waals surface area contributed by atoms with Gasteiger partial charge in [-0.25, -0.2) is 4.79 Å². The summed E-state index contributed by atoms with van der Waals surface area (Å²) in [6, 6.07) is 3.79. The second-order valence-corrected chi connectivity index (χ2v) is 4.33. The number of nitrogens with one attached hydrogen (secondary N) is 1. The third-order valence-electron chi connectivity index (χ3n) is 2.99. The van der Waals surface area contributed by atoms with Crippen LogP contribution in [0, 0.1) is 0 Å². The highest BCUT2D eigenvalue weighted by Crippen LogP contribution is 2.17. The van der Waals surface area contributed by atoms with E-state index in [1.165, 1.54) is 0 Å². The Morgan fingerprint density at radius 1 is 1.56 bits per heavy atom. The van der Waals surface area contributed by atoms with E-state index < -0.39 is 0 Å². The topological polar surface area (TPSA) is 54.5 Å². The Labute approximate surface area is 107 Å². The van der Waals surface area contributed by atoms with Gasteiger partial charge in [-0.1, -0.05) is 0 Å². The molecule has 1 fully saturated rings. The van der Waals surface area contributed by atoms with Crippen molar-refractivity contribution in [1.29, 1.82) is 0 Å². The Hall–Kier alpha value is -1.78. The lowest BCUT2D eigenvalue weighted by Gasteiger charge is -2.32. The zero-order chi connectivity index (χ0) is 12.8. The molecular formula is C13H19N3O2. The van der Waals surface area contributed by atoms with Crippen LogP contribution in [0.5, 0.6) is 5.75 Å². The molecular weight excluding hydrogens is 230 g/mol. The summed E-state index contributed by atoms with van der Waals surface area (Å²) in [4.78, 5) is 17.5. The van der Waals surface area contributed by atoms with Crippen LogP contribution in [-0.4, -0.2) is 41.7 Å². The molecule has 1 aromatic rings. The van der Waals surface area contributed by atoms with Crippen molar-refractivity contribution >= 4 is 6.03 Å². The first-order valence-corrected chi connectivity index (χ1v) is 6.39. The van der Waals surface area contributed by atoms with Gasteiger partial charge in [-0.05, 0) is 19.1 Å². The van der Waals surface area contributed by atoms with Crippen LogP contribution in [0.25, 0.3) is 0 Å². The molecule has 5 heteroatoms. The lowest BCUT2D eigenvalue weighted by Crippen LogP contribution is -2.46. The molecule has 0 saturated carbocycles. The first-order valence-electron chi connectivity index (χ1n) is 6.39. The van der Waals surface area contributed by atoms with Crippen LogP contribution in [0.15, 0.2) is 24.5 Å². The highest BCUT2D eigenvalue weighted by Gasteiger charge is 2.23. The van der Waals surface area contributed by atoms with Gasteiger partial charge in [0.2, 0.25) is 0 Å². The standard InChI is InChI=1S/C13H19N3O2/c1-2-15-13(17)16-8-5-11(6-9-16)18-12-4-3-7-14-10-12/h3-4,7,10-11H,2,5-6,8-9H2,1H3,(H,15,17). The van der Waals surface area contributed by atoms with Crippen molar-refractivity contribution in [3.05, 3.63) is 24.5 Å². The molecule has 0 aromatic carbocycles. The van der Waals surface area contributed by atoms with Crippen molar-refractivity contribution < 1.29 is 9.53 Å². The minimum absolute atomic E-state index is 0.0253. The van der Waals surface area contributed by atoms with Gasteiger partial charge in [-0.15, -0.1) is 0 Å². The summed E-state index contributed by atoms with van der Waals surface area (Å²) in [6.45, 7) is 4.09. The molecule has 0 bridgehead atoms. The van der Waals surface area contributed by atoms with Crippen molar-refractivity contribution in [3.8, 4) is 5.75 Å². The first-order chi connectivity index (χ1) is 8.79. The van der Waals surface area contributed by atoms with Gasteiger partial charge in [-0.3, -0.25) is 4.98 Å². The maximum Gasteiger partial charge on any atom is 0.317 e. The van der Waals surface area contributed by atoms with Crippen LogP contribution in [0.3, 0.4) is 0 Å². The van der Waals surface area contributed by atoms with Crippen molar-refractivity contribution in [3.63, 3.8) is 0 Å². The molecule has 0 radical (unpaired) electrons. The Bertz CT molecular complexity index is 375. The number of piperidine rings is 1. The van der Waals surface area contributed by atoms with Crippen LogP contribution < -0.4 is 10.1 Å². The molecule has 1 aliphatic heterocycles. The summed E-state index contributed by atoms with van der Waals surface area (Å²) in [7, 11) is 0. The molecule has 1 saturated heterocycles. The molecule has 2 heterocycles. The zero-order valence-corrected chi connectivity index (χ0v) is 10.6. The molecule has 1 aromatic heterocycles. The van der Waals surface area contributed by atoms with E-state index in [0.717, 1.165) is 31.7 Å². The van der Waals surface area contributed by atoms with Crippen molar-refractivity contribution in [2.24, 2.45) is 0 Å². The molecule has 5 nitrogen and oxygen atoms in total. The lowest BCUT2D eigenvalue weighted by molar-refractivity contribution is 0.111. The third kappa shape index (κ3) is 3.35. The largest absolute Gasteiger partial charge is 0.489 e. The number of ether oxygens (including phenoxy) is 1. The molecule has 0 atom stereocenters. The number of amides is 2. The van der Waals surface area contributed by atoms with Crippen LogP contribution in [-0.2, 0) is 0 Å². The van der Waals surface area contributed by atoms with E-state index in [2.05, 4.69) is 10.3 Å². The average Bonchev–Trinajstić information content (AvgIpc) is 2.41. The maximum atomic E-state index is 11.6. The van der Waals surface area contributed by atoms with E-state index in [-0.39, 0.29) is 12.1 Å². The van der Waals surface area contributed by atoms with Crippen molar-refractivity contribution in [1.82, 2.24) is 15.2 Å². The average molecular weight is 249 g/mol. The number of likely N-dealkylation sites (tertiary alicyclic amines) is 1. The minimum Gasteiger partial charge on any atom is -0.489 e. The Morgan fingerprint density at radius 3 is 2.94 bits per heavy atom.